The lowest BCUT2D eigenvalue weighted by molar-refractivity contribution is 0.182. The standard InChI is InChI=1S/C14H18FN3O/c15-11-2-1-3-12(10-11)16-14(19)18-9-8-17-6-4-13(18)5-7-17/h1-3,10,13H,4-9H2,(H,16,19). The Kier molecular flexibility index (Phi) is 3.38. The van der Waals surface area contributed by atoms with Gasteiger partial charge in [-0.2, -0.15) is 0 Å². The molecule has 19 heavy (non-hydrogen) atoms. The number of fused-ring (bicyclic) bond motifs is 4. The summed E-state index contributed by atoms with van der Waals surface area (Å²) < 4.78 is 13.1. The van der Waals surface area contributed by atoms with E-state index in [0.29, 0.717) is 11.7 Å². The fraction of sp³-hybridized carbons (Fsp3) is 0.500. The van der Waals surface area contributed by atoms with Crippen molar-refractivity contribution in [2.24, 2.45) is 0 Å². The Morgan fingerprint density at radius 2 is 2.00 bits per heavy atom. The van der Waals surface area contributed by atoms with Crippen LogP contribution in [0.15, 0.2) is 24.3 Å². The van der Waals surface area contributed by atoms with Crippen LogP contribution in [0.3, 0.4) is 0 Å². The first-order valence-corrected chi connectivity index (χ1v) is 6.78. The van der Waals surface area contributed by atoms with E-state index in [-0.39, 0.29) is 11.8 Å². The Balaban J connectivity index is 1.69. The van der Waals surface area contributed by atoms with Crippen LogP contribution in [0.2, 0.25) is 0 Å². The summed E-state index contributed by atoms with van der Waals surface area (Å²) in [5.74, 6) is -0.333. The third-order valence-corrected chi connectivity index (χ3v) is 3.99. The first-order chi connectivity index (χ1) is 9.22. The number of carbonyl (C=O) groups is 1. The van der Waals surface area contributed by atoms with Crippen LogP contribution in [0, 0.1) is 5.82 Å². The molecule has 0 atom stereocenters. The molecule has 3 aliphatic heterocycles. The largest absolute Gasteiger partial charge is 0.322 e. The number of hydrogen-bond acceptors (Lipinski definition) is 2. The zero-order chi connectivity index (χ0) is 13.2. The van der Waals surface area contributed by atoms with Crippen molar-refractivity contribution in [2.75, 3.05) is 31.5 Å². The molecule has 0 saturated carbocycles. The van der Waals surface area contributed by atoms with Gasteiger partial charge in [-0.25, -0.2) is 9.18 Å². The summed E-state index contributed by atoms with van der Waals surface area (Å²) in [6, 6.07) is 6.24. The lowest BCUT2D eigenvalue weighted by Crippen LogP contribution is -2.43. The molecule has 5 heteroatoms. The normalized spacial score (nSPS) is 26.1. The SMILES string of the molecule is O=C(Nc1cccc(F)c1)N1CCN2CCC1CC2. The number of nitrogens with one attached hydrogen (secondary N) is 1. The molecule has 1 aromatic rings. The molecule has 3 saturated heterocycles. The molecule has 3 fully saturated rings. The van der Waals surface area contributed by atoms with Gasteiger partial charge in [-0.15, -0.1) is 0 Å². The molecule has 102 valence electrons. The molecule has 2 bridgehead atoms. The molecule has 0 aromatic heterocycles. The van der Waals surface area contributed by atoms with E-state index < -0.39 is 0 Å². The maximum Gasteiger partial charge on any atom is 0.322 e. The summed E-state index contributed by atoms with van der Waals surface area (Å²) in [4.78, 5) is 16.6. The topological polar surface area (TPSA) is 35.6 Å². The maximum absolute atomic E-state index is 13.1. The van der Waals surface area contributed by atoms with Crippen molar-refractivity contribution in [3.8, 4) is 0 Å². The van der Waals surface area contributed by atoms with Crippen LogP contribution in [-0.2, 0) is 0 Å². The molecule has 0 unspecified atom stereocenters. The van der Waals surface area contributed by atoms with E-state index in [1.165, 1.54) is 12.1 Å². The Labute approximate surface area is 112 Å². The van der Waals surface area contributed by atoms with E-state index in [4.69, 9.17) is 0 Å². The summed E-state index contributed by atoms with van der Waals surface area (Å²) in [5, 5.41) is 2.79. The van der Waals surface area contributed by atoms with Gasteiger partial charge in [0.2, 0.25) is 0 Å². The summed E-state index contributed by atoms with van der Waals surface area (Å²) in [6.45, 7) is 3.85. The van der Waals surface area contributed by atoms with Gasteiger partial charge in [0.15, 0.2) is 0 Å². The van der Waals surface area contributed by atoms with Gasteiger partial charge in [0.1, 0.15) is 5.82 Å². The lowest BCUT2D eigenvalue weighted by atomic mass is 10.1. The summed E-state index contributed by atoms with van der Waals surface area (Å²) in [6.07, 6.45) is 2.08. The van der Waals surface area contributed by atoms with Gasteiger partial charge < -0.3 is 15.1 Å². The lowest BCUT2D eigenvalue weighted by Gasteiger charge is -2.31. The van der Waals surface area contributed by atoms with Crippen LogP contribution >= 0.6 is 0 Å². The first-order valence-electron chi connectivity index (χ1n) is 6.78. The highest BCUT2D eigenvalue weighted by Gasteiger charge is 2.31. The fourth-order valence-corrected chi connectivity index (χ4v) is 2.92. The number of rotatable bonds is 1. The van der Waals surface area contributed by atoms with Gasteiger partial charge in [0, 0.05) is 37.9 Å². The predicted octanol–water partition coefficient (Wildman–Crippen LogP) is 2.14. The second-order valence-electron chi connectivity index (χ2n) is 5.21. The predicted molar refractivity (Wildman–Crippen MR) is 71.6 cm³/mol. The molecule has 4 nitrogen and oxygen atoms in total. The van der Waals surface area contributed by atoms with E-state index in [0.717, 1.165) is 39.0 Å². The number of hydrogen-bond donors (Lipinski definition) is 1. The van der Waals surface area contributed by atoms with Crippen molar-refractivity contribution in [3.05, 3.63) is 30.1 Å². The van der Waals surface area contributed by atoms with E-state index in [9.17, 15) is 9.18 Å². The van der Waals surface area contributed by atoms with Crippen LogP contribution in [-0.4, -0.2) is 48.1 Å². The number of nitrogens with zero attached hydrogens (tertiary/aromatic N) is 2. The Hall–Kier alpha value is -1.62. The molecule has 0 spiro atoms. The number of amides is 2. The van der Waals surface area contributed by atoms with Crippen molar-refractivity contribution >= 4 is 11.7 Å². The Bertz CT molecular complexity index is 472. The summed E-state index contributed by atoms with van der Waals surface area (Å²) in [7, 11) is 0. The number of anilines is 1. The van der Waals surface area contributed by atoms with Crippen molar-refractivity contribution in [2.45, 2.75) is 18.9 Å². The zero-order valence-electron chi connectivity index (χ0n) is 10.8. The van der Waals surface area contributed by atoms with Gasteiger partial charge in [-0.3, -0.25) is 0 Å². The highest BCUT2D eigenvalue weighted by Crippen LogP contribution is 2.21. The van der Waals surface area contributed by atoms with Crippen molar-refractivity contribution in [1.29, 1.82) is 0 Å². The van der Waals surface area contributed by atoms with Crippen LogP contribution in [0.1, 0.15) is 12.8 Å². The van der Waals surface area contributed by atoms with Gasteiger partial charge in [-0.1, -0.05) is 6.07 Å². The molecule has 4 rings (SSSR count). The van der Waals surface area contributed by atoms with Crippen molar-refractivity contribution in [1.82, 2.24) is 9.80 Å². The second kappa shape index (κ2) is 5.17. The highest BCUT2D eigenvalue weighted by atomic mass is 19.1. The second-order valence-corrected chi connectivity index (χ2v) is 5.21. The molecule has 3 aliphatic rings. The monoisotopic (exact) mass is 263 g/mol. The van der Waals surface area contributed by atoms with Crippen LogP contribution < -0.4 is 5.32 Å². The van der Waals surface area contributed by atoms with Crippen LogP contribution in [0.4, 0.5) is 14.9 Å². The van der Waals surface area contributed by atoms with Gasteiger partial charge in [0.05, 0.1) is 0 Å². The maximum atomic E-state index is 13.1. The van der Waals surface area contributed by atoms with Crippen molar-refractivity contribution in [3.63, 3.8) is 0 Å². The van der Waals surface area contributed by atoms with E-state index in [1.54, 1.807) is 12.1 Å². The molecule has 1 aromatic carbocycles. The number of piperidine rings is 1. The fourth-order valence-electron chi connectivity index (χ4n) is 2.92. The van der Waals surface area contributed by atoms with E-state index in [1.807, 2.05) is 4.90 Å². The Morgan fingerprint density at radius 1 is 1.21 bits per heavy atom. The number of halogens is 1. The number of benzene rings is 1. The third-order valence-electron chi connectivity index (χ3n) is 3.99. The minimum Gasteiger partial charge on any atom is -0.320 e. The number of urea groups is 1. The summed E-state index contributed by atoms with van der Waals surface area (Å²) >= 11 is 0. The average molecular weight is 263 g/mol. The Morgan fingerprint density at radius 3 is 2.74 bits per heavy atom. The minimum absolute atomic E-state index is 0.112. The molecule has 2 amide bonds. The van der Waals surface area contributed by atoms with Crippen molar-refractivity contribution < 1.29 is 9.18 Å². The van der Waals surface area contributed by atoms with Gasteiger partial charge >= 0.3 is 6.03 Å². The zero-order valence-corrected chi connectivity index (χ0v) is 10.8. The highest BCUT2D eigenvalue weighted by molar-refractivity contribution is 5.89. The molecule has 0 radical (unpaired) electrons. The molecular formula is C14H18FN3O. The third kappa shape index (κ3) is 2.71. The van der Waals surface area contributed by atoms with Gasteiger partial charge in [-0.05, 0) is 31.0 Å². The van der Waals surface area contributed by atoms with Crippen LogP contribution in [0.5, 0.6) is 0 Å². The first kappa shape index (κ1) is 12.4. The van der Waals surface area contributed by atoms with Gasteiger partial charge in [0.25, 0.3) is 0 Å². The van der Waals surface area contributed by atoms with E-state index in [2.05, 4.69) is 10.2 Å². The molecule has 0 aliphatic carbocycles. The smallest absolute Gasteiger partial charge is 0.320 e. The quantitative estimate of drug-likeness (QED) is 0.842. The van der Waals surface area contributed by atoms with Crippen LogP contribution in [0.25, 0.3) is 0 Å². The molecular weight excluding hydrogens is 245 g/mol. The van der Waals surface area contributed by atoms with E-state index >= 15 is 0 Å². The number of carbonyl (C=O) groups excluding carboxylic acids is 1. The minimum atomic E-state index is -0.333. The summed E-state index contributed by atoms with van der Waals surface area (Å²) in [5.41, 5.74) is 0.518. The molecule has 3 heterocycles. The molecule has 1 N–H and O–H groups in total. The average Bonchev–Trinajstić information content (AvgIpc) is 2.72.